The fourth-order valence-corrected chi connectivity index (χ4v) is 3.69. The van der Waals surface area contributed by atoms with Gasteiger partial charge in [0.25, 0.3) is 0 Å². The summed E-state index contributed by atoms with van der Waals surface area (Å²) in [6.45, 7) is 5.34. The van der Waals surface area contributed by atoms with E-state index in [2.05, 4.69) is 4.72 Å². The van der Waals surface area contributed by atoms with Crippen molar-refractivity contribution in [3.05, 3.63) is 65.5 Å². The quantitative estimate of drug-likeness (QED) is 0.750. The summed E-state index contributed by atoms with van der Waals surface area (Å²) in [6, 6.07) is 11.3. The largest absolute Gasteiger partial charge is 0.460 e. The van der Waals surface area contributed by atoms with Crippen LogP contribution in [0.25, 0.3) is 0 Å². The standard InChI is InChI=1S/C19H22FNO4S/c1-13(2)18(19(22)25-12-15-10-8-14(3)9-11-15)21-26(23,24)17-7-5-4-6-16(17)20/h4-11,13,18,21H,12H2,1-3H3/t18-/m0/s1. The number of sulfonamides is 1. The van der Waals surface area contributed by atoms with Crippen LogP contribution in [0.5, 0.6) is 0 Å². The second-order valence-electron chi connectivity index (χ2n) is 6.37. The number of halogens is 1. The number of ether oxygens (including phenoxy) is 1. The second-order valence-corrected chi connectivity index (χ2v) is 8.05. The van der Waals surface area contributed by atoms with Crippen molar-refractivity contribution in [3.63, 3.8) is 0 Å². The molecule has 2 aromatic rings. The van der Waals surface area contributed by atoms with E-state index < -0.39 is 32.7 Å². The van der Waals surface area contributed by atoms with Gasteiger partial charge in [-0.3, -0.25) is 4.79 Å². The van der Waals surface area contributed by atoms with Gasteiger partial charge < -0.3 is 4.74 Å². The Morgan fingerprint density at radius 3 is 2.31 bits per heavy atom. The Kier molecular flexibility index (Phi) is 6.50. The van der Waals surface area contributed by atoms with E-state index in [1.54, 1.807) is 13.8 Å². The third-order valence-corrected chi connectivity index (χ3v) is 5.30. The molecule has 140 valence electrons. The fraction of sp³-hybridized carbons (Fsp3) is 0.316. The molecule has 0 aliphatic rings. The lowest BCUT2D eigenvalue weighted by molar-refractivity contribution is -0.148. The molecule has 26 heavy (non-hydrogen) atoms. The summed E-state index contributed by atoms with van der Waals surface area (Å²) in [5.41, 5.74) is 1.88. The first kappa shape index (κ1) is 20.1. The molecule has 0 saturated carbocycles. The molecule has 5 nitrogen and oxygen atoms in total. The molecule has 0 heterocycles. The molecule has 1 N–H and O–H groups in total. The topological polar surface area (TPSA) is 72.5 Å². The summed E-state index contributed by atoms with van der Waals surface area (Å²) in [5.74, 6) is -1.96. The first-order chi connectivity index (χ1) is 12.2. The van der Waals surface area contributed by atoms with Crippen molar-refractivity contribution in [2.45, 2.75) is 38.3 Å². The highest BCUT2D eigenvalue weighted by Crippen LogP contribution is 2.16. The molecule has 0 aliphatic heterocycles. The molecular formula is C19H22FNO4S. The Morgan fingerprint density at radius 2 is 1.73 bits per heavy atom. The average molecular weight is 379 g/mol. The average Bonchev–Trinajstić information content (AvgIpc) is 2.59. The molecule has 0 bridgehead atoms. The van der Waals surface area contributed by atoms with Crippen molar-refractivity contribution >= 4 is 16.0 Å². The SMILES string of the molecule is Cc1ccc(COC(=O)[C@@H](NS(=O)(=O)c2ccccc2F)C(C)C)cc1. The van der Waals surface area contributed by atoms with Gasteiger partial charge in [-0.05, 0) is 30.5 Å². The monoisotopic (exact) mass is 379 g/mol. The minimum Gasteiger partial charge on any atom is -0.460 e. The summed E-state index contributed by atoms with van der Waals surface area (Å²) in [6.07, 6.45) is 0. The van der Waals surface area contributed by atoms with Crippen molar-refractivity contribution in [2.75, 3.05) is 0 Å². The van der Waals surface area contributed by atoms with E-state index in [0.717, 1.165) is 23.3 Å². The van der Waals surface area contributed by atoms with Crippen LogP contribution in [0.4, 0.5) is 4.39 Å². The van der Waals surface area contributed by atoms with E-state index in [1.165, 1.54) is 12.1 Å². The number of carbonyl (C=O) groups is 1. The molecule has 0 radical (unpaired) electrons. The molecule has 0 unspecified atom stereocenters. The molecule has 0 aromatic heterocycles. The summed E-state index contributed by atoms with van der Waals surface area (Å²) in [5, 5.41) is 0. The molecular weight excluding hydrogens is 357 g/mol. The minimum atomic E-state index is -4.19. The van der Waals surface area contributed by atoms with Crippen LogP contribution in [0.1, 0.15) is 25.0 Å². The molecule has 0 saturated heterocycles. The first-order valence-electron chi connectivity index (χ1n) is 8.20. The van der Waals surface area contributed by atoms with Crippen LogP contribution in [-0.4, -0.2) is 20.4 Å². The predicted molar refractivity (Wildman–Crippen MR) is 96.3 cm³/mol. The smallest absolute Gasteiger partial charge is 0.324 e. The molecule has 0 spiro atoms. The minimum absolute atomic E-state index is 0.0315. The van der Waals surface area contributed by atoms with E-state index in [4.69, 9.17) is 4.74 Å². The highest BCUT2D eigenvalue weighted by atomic mass is 32.2. The zero-order valence-electron chi connectivity index (χ0n) is 14.9. The van der Waals surface area contributed by atoms with Crippen LogP contribution in [0, 0.1) is 18.7 Å². The van der Waals surface area contributed by atoms with Crippen molar-refractivity contribution in [3.8, 4) is 0 Å². The number of carbonyl (C=O) groups excluding carboxylic acids is 1. The fourth-order valence-electron chi connectivity index (χ4n) is 2.28. The van der Waals surface area contributed by atoms with Gasteiger partial charge >= 0.3 is 5.97 Å². The lowest BCUT2D eigenvalue weighted by Gasteiger charge is -2.21. The van der Waals surface area contributed by atoms with Crippen LogP contribution in [-0.2, 0) is 26.2 Å². The van der Waals surface area contributed by atoms with E-state index >= 15 is 0 Å². The third-order valence-electron chi connectivity index (χ3n) is 3.83. The van der Waals surface area contributed by atoms with Gasteiger partial charge in [0.1, 0.15) is 23.4 Å². The van der Waals surface area contributed by atoms with Crippen LogP contribution in [0.15, 0.2) is 53.4 Å². The Hall–Kier alpha value is -2.25. The maximum Gasteiger partial charge on any atom is 0.324 e. The first-order valence-corrected chi connectivity index (χ1v) is 9.68. The van der Waals surface area contributed by atoms with Crippen molar-refractivity contribution in [1.82, 2.24) is 4.72 Å². The highest BCUT2D eigenvalue weighted by Gasteiger charge is 2.30. The summed E-state index contributed by atoms with van der Waals surface area (Å²) in [7, 11) is -4.19. The van der Waals surface area contributed by atoms with Gasteiger partial charge in [-0.2, -0.15) is 4.72 Å². The lowest BCUT2D eigenvalue weighted by Crippen LogP contribution is -2.45. The van der Waals surface area contributed by atoms with Gasteiger partial charge in [0, 0.05) is 0 Å². The lowest BCUT2D eigenvalue weighted by atomic mass is 10.1. The number of aryl methyl sites for hydroxylation is 1. The van der Waals surface area contributed by atoms with Crippen LogP contribution >= 0.6 is 0 Å². The number of esters is 1. The maximum atomic E-state index is 13.8. The summed E-state index contributed by atoms with van der Waals surface area (Å²) in [4.78, 5) is 11.9. The molecule has 0 amide bonds. The van der Waals surface area contributed by atoms with Crippen LogP contribution < -0.4 is 4.72 Å². The zero-order valence-corrected chi connectivity index (χ0v) is 15.7. The Morgan fingerprint density at radius 1 is 1.12 bits per heavy atom. The van der Waals surface area contributed by atoms with Gasteiger partial charge in [0.05, 0.1) is 0 Å². The maximum absolute atomic E-state index is 13.8. The normalized spacial score (nSPS) is 12.8. The van der Waals surface area contributed by atoms with Gasteiger partial charge in [-0.15, -0.1) is 0 Å². The van der Waals surface area contributed by atoms with E-state index in [9.17, 15) is 17.6 Å². The predicted octanol–water partition coefficient (Wildman–Crippen LogP) is 3.18. The highest BCUT2D eigenvalue weighted by molar-refractivity contribution is 7.89. The molecule has 1 atom stereocenters. The molecule has 2 aromatic carbocycles. The van der Waals surface area contributed by atoms with Crippen LogP contribution in [0.3, 0.4) is 0 Å². The van der Waals surface area contributed by atoms with Crippen LogP contribution in [0.2, 0.25) is 0 Å². The number of hydrogen-bond acceptors (Lipinski definition) is 4. The van der Waals surface area contributed by atoms with Crippen molar-refractivity contribution in [2.24, 2.45) is 5.92 Å². The summed E-state index contributed by atoms with van der Waals surface area (Å²) < 4.78 is 46.2. The third kappa shape index (κ3) is 5.12. The van der Waals surface area contributed by atoms with Gasteiger partial charge in [-0.1, -0.05) is 55.8 Å². The van der Waals surface area contributed by atoms with Crippen molar-refractivity contribution < 1.29 is 22.3 Å². The van der Waals surface area contributed by atoms with E-state index in [1.807, 2.05) is 31.2 Å². The zero-order chi connectivity index (χ0) is 19.3. The van der Waals surface area contributed by atoms with E-state index in [-0.39, 0.29) is 12.5 Å². The second kappa shape index (κ2) is 8.42. The number of benzene rings is 2. The number of hydrogen-bond donors (Lipinski definition) is 1. The Balaban J connectivity index is 2.11. The molecule has 2 rings (SSSR count). The number of rotatable bonds is 7. The van der Waals surface area contributed by atoms with Crippen molar-refractivity contribution in [1.29, 1.82) is 0 Å². The molecule has 7 heteroatoms. The van der Waals surface area contributed by atoms with Gasteiger partial charge in [0.15, 0.2) is 0 Å². The Labute approximate surface area is 153 Å². The Bertz CT molecular complexity index is 863. The molecule has 0 aliphatic carbocycles. The van der Waals surface area contributed by atoms with E-state index in [0.29, 0.717) is 0 Å². The number of nitrogens with one attached hydrogen (secondary N) is 1. The van der Waals surface area contributed by atoms with Gasteiger partial charge in [0.2, 0.25) is 10.0 Å². The summed E-state index contributed by atoms with van der Waals surface area (Å²) >= 11 is 0. The van der Waals surface area contributed by atoms with Gasteiger partial charge in [-0.25, -0.2) is 12.8 Å². The molecule has 0 fully saturated rings.